The van der Waals surface area contributed by atoms with E-state index in [-0.39, 0.29) is 0 Å². The van der Waals surface area contributed by atoms with Crippen molar-refractivity contribution in [2.75, 3.05) is 13.2 Å². The van der Waals surface area contributed by atoms with E-state index in [9.17, 15) is 0 Å². The Hall–Kier alpha value is -2.06. The molecule has 27 heavy (non-hydrogen) atoms. The fourth-order valence-corrected chi connectivity index (χ4v) is 4.73. The van der Waals surface area contributed by atoms with E-state index in [4.69, 9.17) is 9.47 Å². The first kappa shape index (κ1) is 17.1. The topological polar surface area (TPSA) is 62.1 Å². The predicted molar refractivity (Wildman–Crippen MR) is 106 cm³/mol. The van der Waals surface area contributed by atoms with E-state index in [2.05, 4.69) is 35.7 Å². The van der Waals surface area contributed by atoms with Crippen LogP contribution < -0.4 is 9.47 Å². The highest BCUT2D eigenvalue weighted by molar-refractivity contribution is 9.10. The van der Waals surface area contributed by atoms with Gasteiger partial charge in [0.15, 0.2) is 22.5 Å². The van der Waals surface area contributed by atoms with E-state index < -0.39 is 0 Å². The van der Waals surface area contributed by atoms with Crippen LogP contribution in [-0.4, -0.2) is 33.0 Å². The van der Waals surface area contributed by atoms with Crippen LogP contribution in [0.3, 0.4) is 0 Å². The molecule has 3 heterocycles. The fourth-order valence-electron chi connectivity index (χ4n) is 3.09. The Kier molecular flexibility index (Phi) is 4.53. The number of hydrogen-bond donors (Lipinski definition) is 0. The Labute approximate surface area is 169 Å². The molecule has 1 aromatic carbocycles. The highest BCUT2D eigenvalue weighted by Crippen LogP contribution is 2.42. The Morgan fingerprint density at radius 1 is 1.15 bits per heavy atom. The highest BCUT2D eigenvalue weighted by Gasteiger charge is 2.30. The molecule has 2 aliphatic rings. The molecular weight excluding hydrogens is 428 g/mol. The summed E-state index contributed by atoms with van der Waals surface area (Å²) in [5, 5.41) is 9.85. The number of halogens is 1. The van der Waals surface area contributed by atoms with E-state index in [0.717, 1.165) is 43.8 Å². The van der Waals surface area contributed by atoms with Gasteiger partial charge in [-0.3, -0.25) is 9.55 Å². The lowest BCUT2D eigenvalue weighted by Gasteiger charge is -2.19. The molecule has 0 amide bonds. The zero-order valence-corrected chi connectivity index (χ0v) is 16.9. The van der Waals surface area contributed by atoms with Crippen LogP contribution in [0.5, 0.6) is 11.5 Å². The second-order valence-electron chi connectivity index (χ2n) is 6.53. The predicted octanol–water partition coefficient (Wildman–Crippen LogP) is 4.50. The molecule has 1 saturated carbocycles. The maximum absolute atomic E-state index is 5.71. The average molecular weight is 445 g/mol. The molecule has 6 nitrogen and oxygen atoms in total. The molecule has 138 valence electrons. The van der Waals surface area contributed by atoms with Gasteiger partial charge in [-0.15, -0.1) is 10.2 Å². The third-order valence-corrected chi connectivity index (χ3v) is 6.29. The summed E-state index contributed by atoms with van der Waals surface area (Å²) in [6.45, 7) is 1.18. The van der Waals surface area contributed by atoms with Crippen molar-refractivity contribution in [1.82, 2.24) is 19.7 Å². The van der Waals surface area contributed by atoms with Crippen LogP contribution in [0.4, 0.5) is 0 Å². The van der Waals surface area contributed by atoms with Gasteiger partial charge in [-0.2, -0.15) is 0 Å². The van der Waals surface area contributed by atoms with Crippen molar-refractivity contribution in [3.63, 3.8) is 0 Å². The van der Waals surface area contributed by atoms with Crippen molar-refractivity contribution in [3.05, 3.63) is 46.7 Å². The minimum absolute atomic E-state index is 0.487. The standard InChI is InChI=1S/C19H17BrN4O2S/c20-15-9-17-16(25-6-7-26-17)8-13(15)11-27-19-23-22-18(24(19)14-3-4-14)12-2-1-5-21-10-12/h1-2,5,8-10,14H,3-4,6-7,11H2. The molecule has 0 spiro atoms. The number of ether oxygens (including phenoxy) is 2. The van der Waals surface area contributed by atoms with Gasteiger partial charge in [0.25, 0.3) is 0 Å². The van der Waals surface area contributed by atoms with Gasteiger partial charge in [-0.05, 0) is 42.7 Å². The van der Waals surface area contributed by atoms with E-state index in [1.165, 1.54) is 12.8 Å². The summed E-state index contributed by atoms with van der Waals surface area (Å²) < 4.78 is 14.6. The Morgan fingerprint density at radius 2 is 1.96 bits per heavy atom. The van der Waals surface area contributed by atoms with Crippen LogP contribution >= 0.6 is 27.7 Å². The van der Waals surface area contributed by atoms with Crippen LogP contribution in [0.25, 0.3) is 11.4 Å². The Balaban J connectivity index is 1.41. The lowest BCUT2D eigenvalue weighted by atomic mass is 10.2. The van der Waals surface area contributed by atoms with E-state index in [1.54, 1.807) is 18.0 Å². The molecule has 8 heteroatoms. The van der Waals surface area contributed by atoms with E-state index >= 15 is 0 Å². The number of hydrogen-bond acceptors (Lipinski definition) is 6. The Bertz CT molecular complexity index is 975. The van der Waals surface area contributed by atoms with Gasteiger partial charge in [-0.25, -0.2) is 0 Å². The van der Waals surface area contributed by atoms with Crippen LogP contribution in [-0.2, 0) is 5.75 Å². The summed E-state index contributed by atoms with van der Waals surface area (Å²) in [7, 11) is 0. The van der Waals surface area contributed by atoms with Crippen LogP contribution in [0.1, 0.15) is 24.4 Å². The van der Waals surface area contributed by atoms with Gasteiger partial charge in [0.2, 0.25) is 0 Å². The first-order valence-electron chi connectivity index (χ1n) is 8.86. The van der Waals surface area contributed by atoms with Gasteiger partial charge < -0.3 is 9.47 Å². The van der Waals surface area contributed by atoms with Gasteiger partial charge in [-0.1, -0.05) is 27.7 Å². The third-order valence-electron chi connectivity index (χ3n) is 4.56. The zero-order chi connectivity index (χ0) is 18.2. The van der Waals surface area contributed by atoms with Gasteiger partial charge in [0.05, 0.1) is 0 Å². The van der Waals surface area contributed by atoms with Crippen molar-refractivity contribution in [1.29, 1.82) is 0 Å². The lowest BCUT2D eigenvalue weighted by Crippen LogP contribution is -2.15. The number of aromatic nitrogens is 4. The summed E-state index contributed by atoms with van der Waals surface area (Å²) in [5.41, 5.74) is 2.15. The molecule has 5 rings (SSSR count). The van der Waals surface area contributed by atoms with Gasteiger partial charge in [0, 0.05) is 34.2 Å². The average Bonchev–Trinajstić information content (AvgIpc) is 3.46. The molecule has 0 bridgehead atoms. The van der Waals surface area contributed by atoms with Crippen molar-refractivity contribution in [3.8, 4) is 22.9 Å². The maximum Gasteiger partial charge on any atom is 0.192 e. The number of fused-ring (bicyclic) bond motifs is 1. The summed E-state index contributed by atoms with van der Waals surface area (Å²) in [4.78, 5) is 4.22. The minimum Gasteiger partial charge on any atom is -0.486 e. The second-order valence-corrected chi connectivity index (χ2v) is 8.32. The molecule has 0 saturated heterocycles. The summed E-state index contributed by atoms with van der Waals surface area (Å²) in [6.07, 6.45) is 5.96. The Morgan fingerprint density at radius 3 is 2.70 bits per heavy atom. The SMILES string of the molecule is Brc1cc2c(cc1CSc1nnc(-c3cccnc3)n1C1CC1)OCCO2. The lowest BCUT2D eigenvalue weighted by molar-refractivity contribution is 0.171. The smallest absolute Gasteiger partial charge is 0.192 e. The molecular formula is C19H17BrN4O2S. The third kappa shape index (κ3) is 3.43. The summed E-state index contributed by atoms with van der Waals surface area (Å²) in [6, 6.07) is 8.48. The molecule has 0 atom stereocenters. The molecule has 1 fully saturated rings. The molecule has 1 aliphatic heterocycles. The first-order chi connectivity index (χ1) is 13.3. The van der Waals surface area contributed by atoms with Crippen molar-refractivity contribution in [2.45, 2.75) is 29.8 Å². The number of pyridine rings is 1. The molecule has 2 aromatic heterocycles. The molecule has 0 N–H and O–H groups in total. The van der Waals surface area contributed by atoms with Gasteiger partial charge in [0.1, 0.15) is 13.2 Å². The van der Waals surface area contributed by atoms with Gasteiger partial charge >= 0.3 is 0 Å². The quantitative estimate of drug-likeness (QED) is 0.539. The number of benzene rings is 1. The van der Waals surface area contributed by atoms with Crippen LogP contribution in [0.2, 0.25) is 0 Å². The number of rotatable bonds is 5. The van der Waals surface area contributed by atoms with E-state index in [0.29, 0.717) is 19.3 Å². The summed E-state index contributed by atoms with van der Waals surface area (Å²) in [5.74, 6) is 3.27. The van der Waals surface area contributed by atoms with Crippen LogP contribution in [0.15, 0.2) is 46.3 Å². The number of thioether (sulfide) groups is 1. The molecule has 1 aliphatic carbocycles. The molecule has 3 aromatic rings. The van der Waals surface area contributed by atoms with E-state index in [1.807, 2.05) is 30.5 Å². The fraction of sp³-hybridized carbons (Fsp3) is 0.316. The minimum atomic E-state index is 0.487. The van der Waals surface area contributed by atoms with Crippen molar-refractivity contribution >= 4 is 27.7 Å². The first-order valence-corrected chi connectivity index (χ1v) is 10.6. The van der Waals surface area contributed by atoms with Crippen molar-refractivity contribution in [2.24, 2.45) is 0 Å². The highest BCUT2D eigenvalue weighted by atomic mass is 79.9. The number of nitrogens with zero attached hydrogens (tertiary/aromatic N) is 4. The second kappa shape index (κ2) is 7.16. The normalized spacial score (nSPS) is 15.7. The van der Waals surface area contributed by atoms with Crippen molar-refractivity contribution < 1.29 is 9.47 Å². The summed E-state index contributed by atoms with van der Waals surface area (Å²) >= 11 is 5.34. The zero-order valence-electron chi connectivity index (χ0n) is 14.5. The largest absolute Gasteiger partial charge is 0.486 e. The monoisotopic (exact) mass is 444 g/mol. The van der Waals surface area contributed by atoms with Crippen LogP contribution in [0, 0.1) is 0 Å². The maximum atomic E-state index is 5.71. The molecule has 0 radical (unpaired) electrons. The molecule has 0 unspecified atom stereocenters.